The Morgan fingerprint density at radius 2 is 2.05 bits per heavy atom. The quantitative estimate of drug-likeness (QED) is 0.589. The van der Waals surface area contributed by atoms with E-state index in [1.165, 1.54) is 6.07 Å². The third-order valence-electron chi connectivity index (χ3n) is 3.17. The lowest BCUT2D eigenvalue weighted by Crippen LogP contribution is -2.31. The largest absolute Gasteiger partial charge is 0.389 e. The van der Waals surface area contributed by atoms with Gasteiger partial charge >= 0.3 is 0 Å². The molecule has 0 saturated carbocycles. The summed E-state index contributed by atoms with van der Waals surface area (Å²) in [4.78, 5) is 12.9. The van der Waals surface area contributed by atoms with Gasteiger partial charge < -0.3 is 14.7 Å². The first-order chi connectivity index (χ1) is 9.86. The highest BCUT2D eigenvalue weighted by molar-refractivity contribution is 5.64. The highest BCUT2D eigenvalue weighted by Gasteiger charge is 2.21. The molecule has 0 radical (unpaired) electrons. The molecule has 0 unspecified atom stereocenters. The van der Waals surface area contributed by atoms with Crippen LogP contribution >= 0.6 is 0 Å². The molecule has 1 N–H and O–H groups in total. The van der Waals surface area contributed by atoms with E-state index in [0.717, 1.165) is 0 Å². The average Bonchev–Trinajstić information content (AvgIpc) is 2.42. The molecule has 118 valence electrons. The van der Waals surface area contributed by atoms with Gasteiger partial charge in [0, 0.05) is 26.3 Å². The van der Waals surface area contributed by atoms with Crippen LogP contribution in [0.2, 0.25) is 0 Å². The van der Waals surface area contributed by atoms with Gasteiger partial charge in [0.1, 0.15) is 5.69 Å². The Bertz CT molecular complexity index is 475. The standard InChI is InChI=1S/C15H24N2O4/c1-11(2)10-16(7-8-21-4)14-6-5-13(12(3)18)9-15(14)17(19)20/h5-6,9,11-12,18H,7-8,10H2,1-4H3/t12-/m0/s1. The van der Waals surface area contributed by atoms with Gasteiger partial charge in [-0.05, 0) is 24.5 Å². The zero-order valence-electron chi connectivity index (χ0n) is 13.1. The normalized spacial score (nSPS) is 12.5. The van der Waals surface area contributed by atoms with Gasteiger partial charge in [-0.2, -0.15) is 0 Å². The fraction of sp³-hybridized carbons (Fsp3) is 0.600. The number of nitro benzene ring substituents is 1. The van der Waals surface area contributed by atoms with Crippen LogP contribution in [0.5, 0.6) is 0 Å². The number of nitro groups is 1. The fourth-order valence-corrected chi connectivity index (χ4v) is 2.17. The molecule has 21 heavy (non-hydrogen) atoms. The molecule has 1 atom stereocenters. The van der Waals surface area contributed by atoms with Crippen LogP contribution in [0, 0.1) is 16.0 Å². The number of methoxy groups -OCH3 is 1. The number of hydrogen-bond acceptors (Lipinski definition) is 5. The van der Waals surface area contributed by atoms with Crippen molar-refractivity contribution in [1.82, 2.24) is 0 Å². The summed E-state index contributed by atoms with van der Waals surface area (Å²) >= 11 is 0. The number of hydrogen-bond donors (Lipinski definition) is 1. The van der Waals surface area contributed by atoms with E-state index in [2.05, 4.69) is 13.8 Å². The predicted octanol–water partition coefficient (Wildman–Crippen LogP) is 2.76. The van der Waals surface area contributed by atoms with Crippen molar-refractivity contribution in [1.29, 1.82) is 0 Å². The molecule has 1 rings (SSSR count). The van der Waals surface area contributed by atoms with E-state index in [1.807, 2.05) is 4.90 Å². The number of rotatable bonds is 8. The van der Waals surface area contributed by atoms with Gasteiger partial charge in [0.05, 0.1) is 17.6 Å². The van der Waals surface area contributed by atoms with Crippen molar-refractivity contribution in [3.8, 4) is 0 Å². The molecule has 0 saturated heterocycles. The molecule has 0 aliphatic heterocycles. The maximum atomic E-state index is 11.3. The van der Waals surface area contributed by atoms with Crippen LogP contribution in [0.25, 0.3) is 0 Å². The van der Waals surface area contributed by atoms with Crippen molar-refractivity contribution in [2.45, 2.75) is 26.9 Å². The maximum Gasteiger partial charge on any atom is 0.292 e. The number of nitrogens with zero attached hydrogens (tertiary/aromatic N) is 2. The summed E-state index contributed by atoms with van der Waals surface area (Å²) in [6, 6.07) is 4.88. The highest BCUT2D eigenvalue weighted by Crippen LogP contribution is 2.31. The minimum absolute atomic E-state index is 0.0187. The highest BCUT2D eigenvalue weighted by atomic mass is 16.6. The summed E-state index contributed by atoms with van der Waals surface area (Å²) in [5.41, 5.74) is 1.13. The zero-order valence-corrected chi connectivity index (χ0v) is 13.1. The van der Waals surface area contributed by atoms with E-state index in [4.69, 9.17) is 4.74 Å². The first-order valence-corrected chi connectivity index (χ1v) is 7.07. The summed E-state index contributed by atoms with van der Waals surface area (Å²) in [6.45, 7) is 7.52. The summed E-state index contributed by atoms with van der Waals surface area (Å²) in [5, 5.41) is 20.9. The van der Waals surface area contributed by atoms with E-state index in [-0.39, 0.29) is 5.69 Å². The molecule has 0 bridgehead atoms. The lowest BCUT2D eigenvalue weighted by atomic mass is 10.1. The zero-order chi connectivity index (χ0) is 16.0. The smallest absolute Gasteiger partial charge is 0.292 e. The molecular formula is C15H24N2O4. The molecule has 0 aromatic heterocycles. The fourth-order valence-electron chi connectivity index (χ4n) is 2.17. The molecule has 0 amide bonds. The molecule has 0 heterocycles. The number of aliphatic hydroxyl groups is 1. The van der Waals surface area contributed by atoms with Crippen LogP contribution in [0.15, 0.2) is 18.2 Å². The van der Waals surface area contributed by atoms with Crippen LogP contribution in [0.3, 0.4) is 0 Å². The number of aliphatic hydroxyl groups excluding tert-OH is 1. The SMILES string of the molecule is COCCN(CC(C)C)c1ccc([C@H](C)O)cc1[N+](=O)[O-]. The van der Waals surface area contributed by atoms with Crippen LogP contribution in [0.1, 0.15) is 32.4 Å². The molecule has 6 nitrogen and oxygen atoms in total. The van der Waals surface area contributed by atoms with Crippen LogP contribution < -0.4 is 4.90 Å². The molecule has 6 heteroatoms. The lowest BCUT2D eigenvalue weighted by Gasteiger charge is -2.26. The average molecular weight is 296 g/mol. The van der Waals surface area contributed by atoms with Crippen molar-refractivity contribution < 1.29 is 14.8 Å². The third kappa shape index (κ3) is 4.99. The Hall–Kier alpha value is -1.66. The number of benzene rings is 1. The summed E-state index contributed by atoms with van der Waals surface area (Å²) in [7, 11) is 1.61. The monoisotopic (exact) mass is 296 g/mol. The first-order valence-electron chi connectivity index (χ1n) is 7.07. The summed E-state index contributed by atoms with van der Waals surface area (Å²) in [6.07, 6.45) is -0.727. The second-order valence-electron chi connectivity index (χ2n) is 5.51. The lowest BCUT2D eigenvalue weighted by molar-refractivity contribution is -0.384. The van der Waals surface area contributed by atoms with Gasteiger partial charge in [0.2, 0.25) is 0 Å². The van der Waals surface area contributed by atoms with Gasteiger partial charge in [-0.1, -0.05) is 19.9 Å². The van der Waals surface area contributed by atoms with E-state index in [1.54, 1.807) is 26.2 Å². The van der Waals surface area contributed by atoms with Gasteiger partial charge in [-0.25, -0.2) is 0 Å². The van der Waals surface area contributed by atoms with E-state index >= 15 is 0 Å². The Labute approximate surface area is 125 Å². The molecule has 0 fully saturated rings. The number of anilines is 1. The molecule has 0 spiro atoms. The minimum atomic E-state index is -0.727. The number of ether oxygens (including phenoxy) is 1. The minimum Gasteiger partial charge on any atom is -0.389 e. The second kappa shape index (κ2) is 7.95. The Morgan fingerprint density at radius 3 is 2.52 bits per heavy atom. The topological polar surface area (TPSA) is 75.8 Å². The van der Waals surface area contributed by atoms with Gasteiger partial charge in [0.15, 0.2) is 0 Å². The Kier molecular flexibility index (Phi) is 6.58. The summed E-state index contributed by atoms with van der Waals surface area (Å²) < 4.78 is 5.09. The predicted molar refractivity (Wildman–Crippen MR) is 82.7 cm³/mol. The van der Waals surface area contributed by atoms with Crippen LogP contribution in [-0.4, -0.2) is 36.8 Å². The van der Waals surface area contributed by atoms with Crippen molar-refractivity contribution in [2.24, 2.45) is 5.92 Å². The molecule has 0 aliphatic carbocycles. The van der Waals surface area contributed by atoms with Crippen LogP contribution in [0.4, 0.5) is 11.4 Å². The van der Waals surface area contributed by atoms with Crippen molar-refractivity contribution in [3.05, 3.63) is 33.9 Å². The van der Waals surface area contributed by atoms with Crippen LogP contribution in [-0.2, 0) is 4.74 Å². The molecule has 1 aromatic rings. The van der Waals surface area contributed by atoms with E-state index < -0.39 is 11.0 Å². The van der Waals surface area contributed by atoms with E-state index in [0.29, 0.717) is 36.9 Å². The van der Waals surface area contributed by atoms with Crippen molar-refractivity contribution >= 4 is 11.4 Å². The van der Waals surface area contributed by atoms with Gasteiger partial charge in [-0.15, -0.1) is 0 Å². The molecular weight excluding hydrogens is 272 g/mol. The molecule has 0 aliphatic rings. The van der Waals surface area contributed by atoms with Crippen molar-refractivity contribution in [2.75, 3.05) is 31.7 Å². The Balaban J connectivity index is 3.18. The summed E-state index contributed by atoms with van der Waals surface area (Å²) in [5.74, 6) is 0.373. The van der Waals surface area contributed by atoms with Crippen molar-refractivity contribution in [3.63, 3.8) is 0 Å². The Morgan fingerprint density at radius 1 is 1.38 bits per heavy atom. The van der Waals surface area contributed by atoms with Gasteiger partial charge in [-0.3, -0.25) is 10.1 Å². The maximum absolute atomic E-state index is 11.3. The van der Waals surface area contributed by atoms with Gasteiger partial charge in [0.25, 0.3) is 5.69 Å². The first kappa shape index (κ1) is 17.4. The molecule has 1 aromatic carbocycles. The second-order valence-corrected chi connectivity index (χ2v) is 5.51. The third-order valence-corrected chi connectivity index (χ3v) is 3.17. The van der Waals surface area contributed by atoms with E-state index in [9.17, 15) is 15.2 Å².